The first kappa shape index (κ1) is 14.7. The van der Waals surface area contributed by atoms with Crippen LogP contribution >= 0.6 is 0 Å². The Kier molecular flexibility index (Phi) is 4.57. The number of nitrogens with zero attached hydrogens (tertiary/aromatic N) is 2. The van der Waals surface area contributed by atoms with Crippen molar-refractivity contribution in [1.82, 2.24) is 4.90 Å². The molecule has 1 saturated heterocycles. The zero-order chi connectivity index (χ0) is 14.7. The van der Waals surface area contributed by atoms with Crippen LogP contribution in [0.5, 0.6) is 0 Å². The SMILES string of the molecule is CNc1ccc([N+](=O)[O-])cc1CN1C[C@@H](C)O[C@@H](C)C1. The molecule has 2 atom stereocenters. The summed E-state index contributed by atoms with van der Waals surface area (Å²) in [5.41, 5.74) is 2.01. The molecule has 0 aromatic heterocycles. The van der Waals surface area contributed by atoms with Gasteiger partial charge in [0, 0.05) is 44.5 Å². The van der Waals surface area contributed by atoms with Crippen molar-refractivity contribution in [3.8, 4) is 0 Å². The standard InChI is InChI=1S/C14H21N3O3/c1-10-7-16(8-11(2)20-10)9-12-6-13(17(18)19)4-5-14(12)15-3/h4-6,10-11,15H,7-9H2,1-3H3/t10-,11+. The first-order valence-corrected chi connectivity index (χ1v) is 6.82. The minimum Gasteiger partial charge on any atom is -0.388 e. The van der Waals surface area contributed by atoms with Gasteiger partial charge in [0.25, 0.3) is 5.69 Å². The molecule has 1 aromatic carbocycles. The molecule has 6 nitrogen and oxygen atoms in total. The molecule has 0 unspecified atom stereocenters. The van der Waals surface area contributed by atoms with E-state index in [1.807, 2.05) is 7.05 Å². The van der Waals surface area contributed by atoms with Gasteiger partial charge in [-0.1, -0.05) is 0 Å². The van der Waals surface area contributed by atoms with E-state index in [0.717, 1.165) is 24.3 Å². The third-order valence-corrected chi connectivity index (χ3v) is 3.46. The Balaban J connectivity index is 2.18. The van der Waals surface area contributed by atoms with E-state index in [1.54, 1.807) is 12.1 Å². The summed E-state index contributed by atoms with van der Waals surface area (Å²) in [6.45, 7) is 6.48. The number of nitrogens with one attached hydrogen (secondary N) is 1. The largest absolute Gasteiger partial charge is 0.388 e. The zero-order valence-electron chi connectivity index (χ0n) is 12.1. The lowest BCUT2D eigenvalue weighted by Gasteiger charge is -2.35. The van der Waals surface area contributed by atoms with E-state index in [4.69, 9.17) is 4.74 Å². The highest BCUT2D eigenvalue weighted by atomic mass is 16.6. The van der Waals surface area contributed by atoms with Gasteiger partial charge in [0.15, 0.2) is 0 Å². The fraction of sp³-hybridized carbons (Fsp3) is 0.571. The van der Waals surface area contributed by atoms with Gasteiger partial charge in [0.2, 0.25) is 0 Å². The summed E-state index contributed by atoms with van der Waals surface area (Å²) in [5, 5.41) is 14.0. The number of benzene rings is 1. The van der Waals surface area contributed by atoms with Crippen LogP contribution in [-0.4, -0.2) is 42.2 Å². The van der Waals surface area contributed by atoms with Crippen LogP contribution in [0.15, 0.2) is 18.2 Å². The summed E-state index contributed by atoms with van der Waals surface area (Å²) in [6.07, 6.45) is 0.381. The molecule has 0 spiro atoms. The average Bonchev–Trinajstić information content (AvgIpc) is 2.37. The monoisotopic (exact) mass is 279 g/mol. The molecule has 1 N–H and O–H groups in total. The van der Waals surface area contributed by atoms with Crippen LogP contribution in [0.2, 0.25) is 0 Å². The Morgan fingerprint density at radius 1 is 1.40 bits per heavy atom. The van der Waals surface area contributed by atoms with E-state index < -0.39 is 0 Å². The van der Waals surface area contributed by atoms with E-state index in [0.29, 0.717) is 6.54 Å². The Labute approximate surface area is 118 Å². The summed E-state index contributed by atoms with van der Waals surface area (Å²) >= 11 is 0. The van der Waals surface area contributed by atoms with E-state index in [-0.39, 0.29) is 22.8 Å². The van der Waals surface area contributed by atoms with E-state index in [1.165, 1.54) is 6.07 Å². The third kappa shape index (κ3) is 3.46. The van der Waals surface area contributed by atoms with Crippen molar-refractivity contribution < 1.29 is 9.66 Å². The van der Waals surface area contributed by atoms with Gasteiger partial charge in [-0.3, -0.25) is 15.0 Å². The van der Waals surface area contributed by atoms with Crippen molar-refractivity contribution in [2.24, 2.45) is 0 Å². The van der Waals surface area contributed by atoms with Crippen molar-refractivity contribution in [3.63, 3.8) is 0 Å². The Bertz CT molecular complexity index is 483. The Morgan fingerprint density at radius 2 is 2.05 bits per heavy atom. The van der Waals surface area contributed by atoms with Crippen LogP contribution in [0, 0.1) is 10.1 Å². The number of hydrogen-bond donors (Lipinski definition) is 1. The van der Waals surface area contributed by atoms with Crippen LogP contribution in [0.1, 0.15) is 19.4 Å². The molecule has 110 valence electrons. The Hall–Kier alpha value is -1.66. The molecular formula is C14H21N3O3. The summed E-state index contributed by atoms with van der Waals surface area (Å²) in [5.74, 6) is 0. The van der Waals surface area contributed by atoms with Crippen molar-refractivity contribution in [1.29, 1.82) is 0 Å². The van der Waals surface area contributed by atoms with Gasteiger partial charge < -0.3 is 10.1 Å². The number of rotatable bonds is 4. The number of morpholine rings is 1. The molecule has 1 aliphatic rings. The van der Waals surface area contributed by atoms with Crippen molar-refractivity contribution in [2.45, 2.75) is 32.6 Å². The molecule has 2 rings (SSSR count). The number of anilines is 1. The quantitative estimate of drug-likeness (QED) is 0.676. The molecule has 0 aliphatic carbocycles. The number of hydrogen-bond acceptors (Lipinski definition) is 5. The van der Waals surface area contributed by atoms with Gasteiger partial charge in [-0.2, -0.15) is 0 Å². The lowest BCUT2D eigenvalue weighted by Crippen LogP contribution is -2.44. The molecule has 1 aromatic rings. The van der Waals surface area contributed by atoms with Gasteiger partial charge in [0.05, 0.1) is 17.1 Å². The molecule has 0 amide bonds. The maximum absolute atomic E-state index is 10.9. The molecule has 0 bridgehead atoms. The normalized spacial score (nSPS) is 23.6. The third-order valence-electron chi connectivity index (χ3n) is 3.46. The molecule has 0 saturated carbocycles. The fourth-order valence-electron chi connectivity index (χ4n) is 2.72. The molecule has 6 heteroatoms. The number of nitro groups is 1. The van der Waals surface area contributed by atoms with E-state index >= 15 is 0 Å². The highest BCUT2D eigenvalue weighted by Crippen LogP contribution is 2.24. The van der Waals surface area contributed by atoms with Gasteiger partial charge in [0.1, 0.15) is 0 Å². The molecule has 1 aliphatic heterocycles. The van der Waals surface area contributed by atoms with Crippen LogP contribution in [0.3, 0.4) is 0 Å². The first-order chi connectivity index (χ1) is 9.49. The predicted octanol–water partition coefficient (Wildman–Crippen LogP) is 2.25. The van der Waals surface area contributed by atoms with Crippen molar-refractivity contribution >= 4 is 11.4 Å². The van der Waals surface area contributed by atoms with Crippen molar-refractivity contribution in [2.75, 3.05) is 25.5 Å². The average molecular weight is 279 g/mol. The van der Waals surface area contributed by atoms with Crippen LogP contribution < -0.4 is 5.32 Å². The van der Waals surface area contributed by atoms with Crippen LogP contribution in [0.4, 0.5) is 11.4 Å². The highest BCUT2D eigenvalue weighted by Gasteiger charge is 2.23. The summed E-state index contributed by atoms with van der Waals surface area (Å²) in [4.78, 5) is 12.8. The molecule has 20 heavy (non-hydrogen) atoms. The maximum atomic E-state index is 10.9. The molecular weight excluding hydrogens is 258 g/mol. The number of non-ortho nitro benzene ring substituents is 1. The summed E-state index contributed by atoms with van der Waals surface area (Å²) < 4.78 is 5.71. The second-order valence-electron chi connectivity index (χ2n) is 5.30. The molecule has 1 fully saturated rings. The lowest BCUT2D eigenvalue weighted by atomic mass is 10.1. The zero-order valence-corrected chi connectivity index (χ0v) is 12.1. The van der Waals surface area contributed by atoms with Crippen molar-refractivity contribution in [3.05, 3.63) is 33.9 Å². The van der Waals surface area contributed by atoms with Gasteiger partial charge in [-0.15, -0.1) is 0 Å². The fourth-order valence-corrected chi connectivity index (χ4v) is 2.72. The van der Waals surface area contributed by atoms with Gasteiger partial charge in [-0.05, 0) is 25.5 Å². The number of ether oxygens (including phenoxy) is 1. The second-order valence-corrected chi connectivity index (χ2v) is 5.30. The minimum absolute atomic E-state index is 0.133. The van der Waals surface area contributed by atoms with Gasteiger partial charge in [-0.25, -0.2) is 0 Å². The number of nitro benzene ring substituents is 1. The Morgan fingerprint density at radius 3 is 2.60 bits per heavy atom. The predicted molar refractivity (Wildman–Crippen MR) is 77.9 cm³/mol. The minimum atomic E-state index is -0.354. The topological polar surface area (TPSA) is 67.6 Å². The summed E-state index contributed by atoms with van der Waals surface area (Å²) in [7, 11) is 1.83. The summed E-state index contributed by atoms with van der Waals surface area (Å²) in [6, 6.07) is 4.94. The van der Waals surface area contributed by atoms with Gasteiger partial charge >= 0.3 is 0 Å². The first-order valence-electron chi connectivity index (χ1n) is 6.82. The van der Waals surface area contributed by atoms with E-state index in [2.05, 4.69) is 24.1 Å². The molecule has 0 radical (unpaired) electrons. The smallest absolute Gasteiger partial charge is 0.269 e. The van der Waals surface area contributed by atoms with Crippen LogP contribution in [0.25, 0.3) is 0 Å². The second kappa shape index (κ2) is 6.19. The maximum Gasteiger partial charge on any atom is 0.269 e. The molecule has 1 heterocycles. The van der Waals surface area contributed by atoms with E-state index in [9.17, 15) is 10.1 Å². The highest BCUT2D eigenvalue weighted by molar-refractivity contribution is 5.55. The van der Waals surface area contributed by atoms with Crippen LogP contribution in [-0.2, 0) is 11.3 Å². The lowest BCUT2D eigenvalue weighted by molar-refractivity contribution is -0.384.